The normalized spacial score (nSPS) is 31.6. The minimum Gasteiger partial charge on any atom is -0.367 e. The third kappa shape index (κ3) is 3.73. The number of halogens is 1. The molecule has 1 aliphatic carbocycles. The van der Waals surface area contributed by atoms with Crippen molar-refractivity contribution in [2.45, 2.75) is 37.8 Å². The first kappa shape index (κ1) is 16.6. The number of carbonyl (C=O) groups excluding carboxylic acids is 1. The van der Waals surface area contributed by atoms with E-state index in [1.807, 2.05) is 11.0 Å². The molecule has 1 aromatic rings. The third-order valence-corrected chi connectivity index (χ3v) is 6.00. The van der Waals surface area contributed by atoms with Crippen LogP contribution in [-0.2, 0) is 0 Å². The van der Waals surface area contributed by atoms with Gasteiger partial charge in [-0.15, -0.1) is 0 Å². The highest BCUT2D eigenvalue weighted by Gasteiger charge is 2.34. The number of hydrogen-bond acceptors (Lipinski definition) is 3. The first-order chi connectivity index (χ1) is 12.2. The van der Waals surface area contributed by atoms with Crippen LogP contribution in [0.25, 0.3) is 0 Å². The number of amides is 2. The molecule has 0 spiro atoms. The fourth-order valence-electron chi connectivity index (χ4n) is 4.65. The zero-order valence-electron chi connectivity index (χ0n) is 14.5. The topological polar surface area (TPSA) is 56.4 Å². The summed E-state index contributed by atoms with van der Waals surface area (Å²) in [5, 5.41) is 9.69. The number of hydrogen-bond donors (Lipinski definition) is 3. The summed E-state index contributed by atoms with van der Waals surface area (Å²) in [6.45, 7) is 3.65. The molecule has 0 bridgehead atoms. The quantitative estimate of drug-likeness (QED) is 0.786. The van der Waals surface area contributed by atoms with Crippen LogP contribution in [0.1, 0.15) is 25.7 Å². The lowest BCUT2D eigenvalue weighted by Gasteiger charge is -2.31. The van der Waals surface area contributed by atoms with Crippen LogP contribution in [0.2, 0.25) is 0 Å². The minimum absolute atomic E-state index is 0.0732. The molecule has 3 fully saturated rings. The summed E-state index contributed by atoms with van der Waals surface area (Å²) in [4.78, 5) is 14.3. The third-order valence-electron chi connectivity index (χ3n) is 6.00. The molecule has 3 aliphatic rings. The molecule has 2 aliphatic heterocycles. The highest BCUT2D eigenvalue weighted by Crippen LogP contribution is 2.32. The van der Waals surface area contributed by atoms with E-state index in [1.165, 1.54) is 12.5 Å². The maximum absolute atomic E-state index is 13.9. The second-order valence-corrected chi connectivity index (χ2v) is 7.69. The standard InChI is InChI=1S/C19H27FN4O/c20-17-3-1-2-4-18(17)24-8-7-16(12-24)23-19(25)22-15-6-5-13-10-21-11-14(13)9-15/h1-4,13-16,21H,5-12H2,(H2,22,23,25). The molecule has 6 heteroatoms. The van der Waals surface area contributed by atoms with E-state index in [1.54, 1.807) is 12.1 Å². The second-order valence-electron chi connectivity index (χ2n) is 7.69. The summed E-state index contributed by atoms with van der Waals surface area (Å²) in [5.41, 5.74) is 0.624. The van der Waals surface area contributed by atoms with Gasteiger partial charge in [-0.1, -0.05) is 12.1 Å². The van der Waals surface area contributed by atoms with Crippen LogP contribution in [0.4, 0.5) is 14.9 Å². The van der Waals surface area contributed by atoms with E-state index >= 15 is 0 Å². The Balaban J connectivity index is 1.25. The van der Waals surface area contributed by atoms with Crippen LogP contribution in [0, 0.1) is 17.7 Å². The first-order valence-corrected chi connectivity index (χ1v) is 9.46. The lowest BCUT2D eigenvalue weighted by Crippen LogP contribution is -2.49. The van der Waals surface area contributed by atoms with Gasteiger partial charge in [-0.05, 0) is 62.7 Å². The molecular formula is C19H27FN4O. The number of carbonyl (C=O) groups is 1. The van der Waals surface area contributed by atoms with Crippen LogP contribution in [0.5, 0.6) is 0 Å². The lowest BCUT2D eigenvalue weighted by atomic mass is 9.79. The average Bonchev–Trinajstić information content (AvgIpc) is 3.24. The van der Waals surface area contributed by atoms with E-state index < -0.39 is 0 Å². The predicted molar refractivity (Wildman–Crippen MR) is 96.2 cm³/mol. The zero-order chi connectivity index (χ0) is 17.2. The summed E-state index contributed by atoms with van der Waals surface area (Å²) in [6.07, 6.45) is 4.20. The number of urea groups is 1. The predicted octanol–water partition coefficient (Wildman–Crippen LogP) is 2.09. The Kier molecular flexibility index (Phi) is 4.79. The fraction of sp³-hybridized carbons (Fsp3) is 0.632. The van der Waals surface area contributed by atoms with Crippen LogP contribution in [0.3, 0.4) is 0 Å². The number of benzene rings is 1. The molecule has 25 heavy (non-hydrogen) atoms. The highest BCUT2D eigenvalue weighted by atomic mass is 19.1. The molecule has 5 nitrogen and oxygen atoms in total. The van der Waals surface area contributed by atoms with Gasteiger partial charge in [0.05, 0.1) is 5.69 Å². The summed E-state index contributed by atoms with van der Waals surface area (Å²) in [6, 6.07) is 7.11. The molecule has 0 aromatic heterocycles. The number of nitrogens with zero attached hydrogens (tertiary/aromatic N) is 1. The van der Waals surface area contributed by atoms with Crippen LogP contribution >= 0.6 is 0 Å². The van der Waals surface area contributed by atoms with Gasteiger partial charge < -0.3 is 20.9 Å². The van der Waals surface area contributed by atoms with Crippen molar-refractivity contribution in [2.75, 3.05) is 31.1 Å². The van der Waals surface area contributed by atoms with E-state index in [2.05, 4.69) is 16.0 Å². The molecule has 2 saturated heterocycles. The summed E-state index contributed by atoms with van der Waals surface area (Å²) in [5.74, 6) is 1.31. The monoisotopic (exact) mass is 346 g/mol. The number of nitrogens with one attached hydrogen (secondary N) is 3. The first-order valence-electron chi connectivity index (χ1n) is 9.46. The van der Waals surface area contributed by atoms with Gasteiger partial charge in [-0.2, -0.15) is 0 Å². The molecule has 4 rings (SSSR count). The van der Waals surface area contributed by atoms with Crippen molar-refractivity contribution in [3.8, 4) is 0 Å². The number of anilines is 1. The zero-order valence-corrected chi connectivity index (χ0v) is 14.5. The molecule has 136 valence electrons. The molecule has 4 unspecified atom stereocenters. The molecule has 1 saturated carbocycles. The summed E-state index contributed by atoms with van der Waals surface area (Å²) in [7, 11) is 0. The van der Waals surface area contributed by atoms with Gasteiger partial charge in [0.2, 0.25) is 0 Å². The number of fused-ring (bicyclic) bond motifs is 1. The Bertz CT molecular complexity index is 625. The highest BCUT2D eigenvalue weighted by molar-refractivity contribution is 5.74. The van der Waals surface area contributed by atoms with Gasteiger partial charge in [0, 0.05) is 25.2 Å². The van der Waals surface area contributed by atoms with Gasteiger partial charge in [-0.25, -0.2) is 9.18 Å². The Hall–Kier alpha value is -1.82. The van der Waals surface area contributed by atoms with Gasteiger partial charge >= 0.3 is 6.03 Å². The molecule has 0 radical (unpaired) electrons. The number of para-hydroxylation sites is 1. The van der Waals surface area contributed by atoms with Crippen molar-refractivity contribution in [1.29, 1.82) is 0 Å². The van der Waals surface area contributed by atoms with E-state index in [0.29, 0.717) is 18.2 Å². The molecular weight excluding hydrogens is 319 g/mol. The van der Waals surface area contributed by atoms with E-state index in [-0.39, 0.29) is 23.9 Å². The maximum Gasteiger partial charge on any atom is 0.315 e. The van der Waals surface area contributed by atoms with Crippen molar-refractivity contribution in [3.63, 3.8) is 0 Å². The van der Waals surface area contributed by atoms with Crippen LogP contribution in [0.15, 0.2) is 24.3 Å². The smallest absolute Gasteiger partial charge is 0.315 e. The minimum atomic E-state index is -0.200. The molecule has 2 heterocycles. The van der Waals surface area contributed by atoms with E-state index in [4.69, 9.17) is 0 Å². The van der Waals surface area contributed by atoms with Crippen molar-refractivity contribution >= 4 is 11.7 Å². The Morgan fingerprint density at radius 3 is 2.76 bits per heavy atom. The summed E-state index contributed by atoms with van der Waals surface area (Å²) >= 11 is 0. The average molecular weight is 346 g/mol. The van der Waals surface area contributed by atoms with Crippen LogP contribution in [-0.4, -0.2) is 44.3 Å². The second kappa shape index (κ2) is 7.20. The Morgan fingerprint density at radius 1 is 1.08 bits per heavy atom. The number of rotatable bonds is 3. The summed E-state index contributed by atoms with van der Waals surface area (Å²) < 4.78 is 13.9. The molecule has 3 N–H and O–H groups in total. The van der Waals surface area contributed by atoms with Gasteiger partial charge in [0.1, 0.15) is 5.82 Å². The van der Waals surface area contributed by atoms with Gasteiger partial charge in [-0.3, -0.25) is 0 Å². The lowest BCUT2D eigenvalue weighted by molar-refractivity contribution is 0.213. The van der Waals surface area contributed by atoms with Crippen molar-refractivity contribution in [3.05, 3.63) is 30.1 Å². The SMILES string of the molecule is O=C(NC1CCC2CNCC2C1)NC1CCN(c2ccccc2F)C1. The molecule has 4 atom stereocenters. The van der Waals surface area contributed by atoms with Crippen molar-refractivity contribution in [2.24, 2.45) is 11.8 Å². The van der Waals surface area contributed by atoms with E-state index in [9.17, 15) is 9.18 Å². The van der Waals surface area contributed by atoms with Crippen molar-refractivity contribution < 1.29 is 9.18 Å². The molecule has 2 amide bonds. The largest absolute Gasteiger partial charge is 0.367 e. The van der Waals surface area contributed by atoms with Gasteiger partial charge in [0.25, 0.3) is 0 Å². The fourth-order valence-corrected chi connectivity index (χ4v) is 4.65. The Labute approximate surface area is 148 Å². The molecule has 1 aromatic carbocycles. The Morgan fingerprint density at radius 2 is 1.88 bits per heavy atom. The maximum atomic E-state index is 13.9. The van der Waals surface area contributed by atoms with Crippen LogP contribution < -0.4 is 20.9 Å². The van der Waals surface area contributed by atoms with Gasteiger partial charge in [0.15, 0.2) is 0 Å². The van der Waals surface area contributed by atoms with E-state index in [0.717, 1.165) is 44.8 Å². The van der Waals surface area contributed by atoms with Crippen molar-refractivity contribution in [1.82, 2.24) is 16.0 Å².